The zero-order valence-electron chi connectivity index (χ0n) is 11.3. The van der Waals surface area contributed by atoms with Crippen LogP contribution in [-0.2, 0) is 0 Å². The average molecular weight is 268 g/mol. The van der Waals surface area contributed by atoms with E-state index in [1.807, 2.05) is 32.0 Å². The molecule has 0 heterocycles. The fourth-order valence-electron chi connectivity index (χ4n) is 2.04. The summed E-state index contributed by atoms with van der Waals surface area (Å²) in [6.07, 6.45) is 4.35. The highest BCUT2D eigenvalue weighted by atomic mass is 35.5. The molecule has 100 valence electrons. The van der Waals surface area contributed by atoms with Crippen molar-refractivity contribution in [3.8, 4) is 0 Å². The third kappa shape index (κ3) is 4.69. The minimum Gasteiger partial charge on any atom is -0.352 e. The average Bonchev–Trinajstić information content (AvgIpc) is 2.33. The Hall–Kier alpha value is -1.02. The van der Waals surface area contributed by atoms with Gasteiger partial charge in [0.15, 0.2) is 0 Å². The summed E-state index contributed by atoms with van der Waals surface area (Å²) in [5, 5.41) is 2.99. The monoisotopic (exact) mass is 267 g/mol. The quantitative estimate of drug-likeness (QED) is 0.590. The van der Waals surface area contributed by atoms with Gasteiger partial charge >= 0.3 is 0 Å². The molecule has 0 aromatic heterocycles. The Labute approximate surface area is 115 Å². The van der Waals surface area contributed by atoms with E-state index >= 15 is 0 Å². The number of hydrogen-bond acceptors (Lipinski definition) is 1. The first-order chi connectivity index (χ1) is 8.66. The van der Waals surface area contributed by atoms with Gasteiger partial charge in [-0.15, -0.1) is 11.6 Å². The van der Waals surface area contributed by atoms with Crippen molar-refractivity contribution in [2.24, 2.45) is 0 Å². The van der Waals surface area contributed by atoms with Gasteiger partial charge in [0.1, 0.15) is 0 Å². The number of carbonyl (C=O) groups is 1. The van der Waals surface area contributed by atoms with Crippen molar-refractivity contribution in [1.29, 1.82) is 0 Å². The molecule has 0 radical (unpaired) electrons. The van der Waals surface area contributed by atoms with Crippen molar-refractivity contribution in [3.05, 3.63) is 34.9 Å². The molecule has 0 bridgehead atoms. The second kappa shape index (κ2) is 8.15. The van der Waals surface area contributed by atoms with Crippen molar-refractivity contribution in [2.75, 3.05) is 12.4 Å². The molecule has 0 aliphatic rings. The van der Waals surface area contributed by atoms with Crippen LogP contribution >= 0.6 is 11.6 Å². The smallest absolute Gasteiger partial charge is 0.251 e. The van der Waals surface area contributed by atoms with E-state index in [0.29, 0.717) is 0 Å². The van der Waals surface area contributed by atoms with Crippen molar-refractivity contribution >= 4 is 17.5 Å². The van der Waals surface area contributed by atoms with E-state index in [4.69, 9.17) is 11.6 Å². The Morgan fingerprint density at radius 1 is 1.11 bits per heavy atom. The van der Waals surface area contributed by atoms with Crippen molar-refractivity contribution in [2.45, 2.75) is 39.5 Å². The summed E-state index contributed by atoms with van der Waals surface area (Å²) in [6.45, 7) is 4.69. The Morgan fingerprint density at radius 2 is 1.72 bits per heavy atom. The summed E-state index contributed by atoms with van der Waals surface area (Å²) >= 11 is 5.61. The predicted molar refractivity (Wildman–Crippen MR) is 77.4 cm³/mol. The Morgan fingerprint density at radius 3 is 2.33 bits per heavy atom. The standard InChI is InChI=1S/C15H22ClNO/c1-12-8-7-9-13(2)14(12)15(18)17-11-6-4-3-5-10-16/h7-9H,3-6,10-11H2,1-2H3,(H,17,18). The van der Waals surface area contributed by atoms with E-state index in [-0.39, 0.29) is 5.91 Å². The molecular formula is C15H22ClNO. The fraction of sp³-hybridized carbons (Fsp3) is 0.533. The first kappa shape index (κ1) is 15.0. The van der Waals surface area contributed by atoms with Crippen LogP contribution in [0, 0.1) is 13.8 Å². The molecule has 0 aliphatic heterocycles. The third-order valence-electron chi connectivity index (χ3n) is 3.05. The van der Waals surface area contributed by atoms with Gasteiger partial charge in [-0.3, -0.25) is 4.79 Å². The minimum absolute atomic E-state index is 0.0444. The summed E-state index contributed by atoms with van der Waals surface area (Å²) in [5.41, 5.74) is 2.89. The lowest BCUT2D eigenvalue weighted by Gasteiger charge is -2.10. The van der Waals surface area contributed by atoms with Crippen LogP contribution in [0.2, 0.25) is 0 Å². The lowest BCUT2D eigenvalue weighted by molar-refractivity contribution is 0.0951. The number of alkyl halides is 1. The maximum Gasteiger partial charge on any atom is 0.251 e. The van der Waals surface area contributed by atoms with Gasteiger partial charge in [0.25, 0.3) is 5.91 Å². The molecule has 0 saturated carbocycles. The van der Waals surface area contributed by atoms with Gasteiger partial charge in [0.05, 0.1) is 0 Å². The highest BCUT2D eigenvalue weighted by Crippen LogP contribution is 2.12. The van der Waals surface area contributed by atoms with Crippen LogP contribution < -0.4 is 5.32 Å². The second-order valence-corrected chi connectivity index (χ2v) is 5.00. The van der Waals surface area contributed by atoms with E-state index in [2.05, 4.69) is 5.32 Å². The Balaban J connectivity index is 2.37. The molecule has 3 heteroatoms. The van der Waals surface area contributed by atoms with Crippen LogP contribution in [0.3, 0.4) is 0 Å². The summed E-state index contributed by atoms with van der Waals surface area (Å²) in [5.74, 6) is 0.775. The number of aryl methyl sites for hydroxylation is 2. The normalized spacial score (nSPS) is 10.4. The van der Waals surface area contributed by atoms with Gasteiger partial charge in [0, 0.05) is 18.0 Å². The molecule has 0 spiro atoms. The summed E-state index contributed by atoms with van der Waals surface area (Å²) in [7, 11) is 0. The molecule has 1 N–H and O–H groups in total. The molecule has 0 unspecified atom stereocenters. The van der Waals surface area contributed by atoms with E-state index in [1.54, 1.807) is 0 Å². The highest BCUT2D eigenvalue weighted by molar-refractivity contribution is 6.17. The molecule has 0 fully saturated rings. The van der Waals surface area contributed by atoms with E-state index in [0.717, 1.165) is 54.8 Å². The Kier molecular flexibility index (Phi) is 6.81. The summed E-state index contributed by atoms with van der Waals surface area (Å²) < 4.78 is 0. The van der Waals surface area contributed by atoms with E-state index < -0.39 is 0 Å². The van der Waals surface area contributed by atoms with Crippen LogP contribution in [0.15, 0.2) is 18.2 Å². The van der Waals surface area contributed by atoms with Crippen LogP contribution in [0.1, 0.15) is 47.2 Å². The van der Waals surface area contributed by atoms with Gasteiger partial charge < -0.3 is 5.32 Å². The first-order valence-corrected chi connectivity index (χ1v) is 7.10. The first-order valence-electron chi connectivity index (χ1n) is 6.57. The van der Waals surface area contributed by atoms with Crippen molar-refractivity contribution in [3.63, 3.8) is 0 Å². The van der Waals surface area contributed by atoms with E-state index in [1.165, 1.54) is 0 Å². The lowest BCUT2D eigenvalue weighted by Crippen LogP contribution is -2.26. The van der Waals surface area contributed by atoms with Gasteiger partial charge in [-0.05, 0) is 37.8 Å². The molecule has 0 aliphatic carbocycles. The molecule has 18 heavy (non-hydrogen) atoms. The highest BCUT2D eigenvalue weighted by Gasteiger charge is 2.10. The molecule has 1 rings (SSSR count). The number of amides is 1. The van der Waals surface area contributed by atoms with E-state index in [9.17, 15) is 4.79 Å². The Bertz CT molecular complexity index is 370. The van der Waals surface area contributed by atoms with Crippen molar-refractivity contribution in [1.82, 2.24) is 5.32 Å². The minimum atomic E-state index is 0.0444. The number of halogens is 1. The number of hydrogen-bond donors (Lipinski definition) is 1. The number of carbonyl (C=O) groups excluding carboxylic acids is 1. The summed E-state index contributed by atoms with van der Waals surface area (Å²) in [6, 6.07) is 5.93. The van der Waals surface area contributed by atoms with Gasteiger partial charge in [-0.2, -0.15) is 0 Å². The van der Waals surface area contributed by atoms with Gasteiger partial charge in [0.2, 0.25) is 0 Å². The number of benzene rings is 1. The molecular weight excluding hydrogens is 246 g/mol. The van der Waals surface area contributed by atoms with Gasteiger partial charge in [-0.1, -0.05) is 31.0 Å². The van der Waals surface area contributed by atoms with Crippen molar-refractivity contribution < 1.29 is 4.79 Å². The largest absolute Gasteiger partial charge is 0.352 e. The third-order valence-corrected chi connectivity index (χ3v) is 3.32. The number of unbranched alkanes of at least 4 members (excludes halogenated alkanes) is 3. The second-order valence-electron chi connectivity index (χ2n) is 4.63. The zero-order valence-corrected chi connectivity index (χ0v) is 12.0. The molecule has 0 saturated heterocycles. The predicted octanol–water partition coefficient (Wildman–Crippen LogP) is 3.83. The molecule has 1 aromatic carbocycles. The van der Waals surface area contributed by atoms with Gasteiger partial charge in [-0.25, -0.2) is 0 Å². The molecule has 1 aromatic rings. The molecule has 2 nitrogen and oxygen atoms in total. The SMILES string of the molecule is Cc1cccc(C)c1C(=O)NCCCCCCCl. The lowest BCUT2D eigenvalue weighted by atomic mass is 10.0. The maximum absolute atomic E-state index is 12.0. The number of rotatable bonds is 7. The number of nitrogens with one attached hydrogen (secondary N) is 1. The maximum atomic E-state index is 12.0. The fourth-order valence-corrected chi connectivity index (χ4v) is 2.22. The van der Waals surface area contributed by atoms with Crippen LogP contribution in [-0.4, -0.2) is 18.3 Å². The topological polar surface area (TPSA) is 29.1 Å². The molecule has 1 amide bonds. The van der Waals surface area contributed by atoms with Crippen LogP contribution in [0.25, 0.3) is 0 Å². The summed E-state index contributed by atoms with van der Waals surface area (Å²) in [4.78, 5) is 12.0. The molecule has 0 atom stereocenters. The van der Waals surface area contributed by atoms with Crippen LogP contribution in [0.5, 0.6) is 0 Å². The van der Waals surface area contributed by atoms with Crippen LogP contribution in [0.4, 0.5) is 0 Å². The zero-order chi connectivity index (χ0) is 13.4.